The quantitative estimate of drug-likeness (QED) is 0.587. The SMILES string of the molecule is CCN(CC)CCOc1ccc(N(C)C(=O)CCc2ccc(OC)cc2)cc1. The summed E-state index contributed by atoms with van der Waals surface area (Å²) in [5.41, 5.74) is 2.00. The third-order valence-electron chi connectivity index (χ3n) is 4.96. The summed E-state index contributed by atoms with van der Waals surface area (Å²) in [6.07, 6.45) is 1.17. The molecule has 5 nitrogen and oxygen atoms in total. The van der Waals surface area contributed by atoms with E-state index in [2.05, 4.69) is 18.7 Å². The maximum absolute atomic E-state index is 12.5. The Morgan fingerprint density at radius 2 is 1.54 bits per heavy atom. The van der Waals surface area contributed by atoms with Gasteiger partial charge in [-0.25, -0.2) is 0 Å². The van der Waals surface area contributed by atoms with Crippen molar-refractivity contribution in [3.05, 3.63) is 54.1 Å². The first kappa shape index (κ1) is 21.8. The van der Waals surface area contributed by atoms with Gasteiger partial charge < -0.3 is 19.3 Å². The van der Waals surface area contributed by atoms with Gasteiger partial charge >= 0.3 is 0 Å². The smallest absolute Gasteiger partial charge is 0.227 e. The molecule has 0 saturated carbocycles. The second kappa shape index (κ2) is 11.3. The van der Waals surface area contributed by atoms with Crippen LogP contribution < -0.4 is 14.4 Å². The molecule has 5 heteroatoms. The number of carbonyl (C=O) groups is 1. The van der Waals surface area contributed by atoms with Gasteiger partial charge in [0.05, 0.1) is 7.11 Å². The van der Waals surface area contributed by atoms with Crippen LogP contribution in [0, 0.1) is 0 Å². The first-order chi connectivity index (χ1) is 13.6. The lowest BCUT2D eigenvalue weighted by molar-refractivity contribution is -0.118. The van der Waals surface area contributed by atoms with Gasteiger partial charge in [0.25, 0.3) is 0 Å². The summed E-state index contributed by atoms with van der Waals surface area (Å²) in [6.45, 7) is 7.94. The molecule has 0 spiro atoms. The average Bonchev–Trinajstić information content (AvgIpc) is 2.75. The molecule has 0 N–H and O–H groups in total. The van der Waals surface area contributed by atoms with Crippen LogP contribution in [-0.2, 0) is 11.2 Å². The molecule has 28 heavy (non-hydrogen) atoms. The zero-order valence-electron chi connectivity index (χ0n) is 17.5. The lowest BCUT2D eigenvalue weighted by Crippen LogP contribution is -2.28. The number of aryl methyl sites for hydroxylation is 1. The van der Waals surface area contributed by atoms with E-state index in [4.69, 9.17) is 9.47 Å². The summed E-state index contributed by atoms with van der Waals surface area (Å²) >= 11 is 0. The molecule has 2 aromatic carbocycles. The second-order valence-corrected chi connectivity index (χ2v) is 6.67. The molecular formula is C23H32N2O3. The zero-order chi connectivity index (χ0) is 20.4. The standard InChI is InChI=1S/C23H32N2O3/c1-5-25(6-2)17-18-28-22-14-10-20(11-15-22)24(3)23(26)16-9-19-7-12-21(27-4)13-8-19/h7-8,10-15H,5-6,9,16-18H2,1-4H3. The van der Waals surface area contributed by atoms with Crippen LogP contribution in [0.1, 0.15) is 25.8 Å². The molecule has 0 aliphatic heterocycles. The van der Waals surface area contributed by atoms with Gasteiger partial charge in [0.15, 0.2) is 0 Å². The molecule has 0 atom stereocenters. The first-order valence-corrected chi connectivity index (χ1v) is 9.92. The summed E-state index contributed by atoms with van der Waals surface area (Å²) in [6, 6.07) is 15.5. The molecule has 0 saturated heterocycles. The van der Waals surface area contributed by atoms with Crippen molar-refractivity contribution < 1.29 is 14.3 Å². The van der Waals surface area contributed by atoms with Crippen molar-refractivity contribution in [2.75, 3.05) is 45.3 Å². The molecule has 1 amide bonds. The Bertz CT molecular complexity index is 710. The number of methoxy groups -OCH3 is 1. The number of nitrogens with zero attached hydrogens (tertiary/aromatic N) is 2. The molecule has 0 aliphatic carbocycles. The Balaban J connectivity index is 1.81. The van der Waals surface area contributed by atoms with Gasteiger partial charge in [-0.05, 0) is 61.5 Å². The van der Waals surface area contributed by atoms with Crippen molar-refractivity contribution >= 4 is 11.6 Å². The summed E-state index contributed by atoms with van der Waals surface area (Å²) in [5.74, 6) is 1.74. The maximum Gasteiger partial charge on any atom is 0.227 e. The number of likely N-dealkylation sites (N-methyl/N-ethyl adjacent to an activating group) is 1. The van der Waals surface area contributed by atoms with E-state index >= 15 is 0 Å². The van der Waals surface area contributed by atoms with Crippen molar-refractivity contribution in [3.63, 3.8) is 0 Å². The molecule has 152 valence electrons. The Morgan fingerprint density at radius 1 is 0.929 bits per heavy atom. The van der Waals surface area contributed by atoms with Gasteiger partial charge in [-0.3, -0.25) is 4.79 Å². The minimum Gasteiger partial charge on any atom is -0.497 e. The van der Waals surface area contributed by atoms with E-state index in [0.29, 0.717) is 19.4 Å². The molecule has 0 heterocycles. The van der Waals surface area contributed by atoms with Gasteiger partial charge in [0, 0.05) is 25.7 Å². The molecule has 0 fully saturated rings. The average molecular weight is 385 g/mol. The fraction of sp³-hybridized carbons (Fsp3) is 0.435. The van der Waals surface area contributed by atoms with Crippen molar-refractivity contribution in [2.24, 2.45) is 0 Å². The zero-order valence-corrected chi connectivity index (χ0v) is 17.5. The van der Waals surface area contributed by atoms with Gasteiger partial charge in [0.1, 0.15) is 18.1 Å². The van der Waals surface area contributed by atoms with Crippen LogP contribution >= 0.6 is 0 Å². The summed E-state index contributed by atoms with van der Waals surface area (Å²) in [5, 5.41) is 0. The normalized spacial score (nSPS) is 10.8. The summed E-state index contributed by atoms with van der Waals surface area (Å²) in [7, 11) is 3.46. The monoisotopic (exact) mass is 384 g/mol. The number of ether oxygens (including phenoxy) is 2. The third-order valence-corrected chi connectivity index (χ3v) is 4.96. The molecular weight excluding hydrogens is 352 g/mol. The van der Waals surface area contributed by atoms with E-state index in [1.54, 1.807) is 12.0 Å². The summed E-state index contributed by atoms with van der Waals surface area (Å²) in [4.78, 5) is 16.5. The Kier molecular flexibility index (Phi) is 8.82. The van der Waals surface area contributed by atoms with Crippen LogP contribution in [0.3, 0.4) is 0 Å². The minimum atomic E-state index is 0.0889. The molecule has 2 rings (SSSR count). The number of benzene rings is 2. The maximum atomic E-state index is 12.5. The number of anilines is 1. The van der Waals surface area contributed by atoms with Gasteiger partial charge in [-0.2, -0.15) is 0 Å². The first-order valence-electron chi connectivity index (χ1n) is 9.92. The van der Waals surface area contributed by atoms with Gasteiger partial charge in [-0.1, -0.05) is 26.0 Å². The Labute approximate surface area is 168 Å². The number of hydrogen-bond acceptors (Lipinski definition) is 4. The molecule has 0 bridgehead atoms. The number of rotatable bonds is 11. The highest BCUT2D eigenvalue weighted by Crippen LogP contribution is 2.20. The van der Waals surface area contributed by atoms with Crippen LogP contribution in [0.25, 0.3) is 0 Å². The van der Waals surface area contributed by atoms with E-state index in [-0.39, 0.29) is 5.91 Å². The molecule has 0 radical (unpaired) electrons. The predicted molar refractivity (Wildman–Crippen MR) is 114 cm³/mol. The van der Waals surface area contributed by atoms with Gasteiger partial charge in [-0.15, -0.1) is 0 Å². The predicted octanol–water partition coefficient (Wildman–Crippen LogP) is 4.01. The van der Waals surface area contributed by atoms with Crippen molar-refractivity contribution in [3.8, 4) is 11.5 Å². The highest BCUT2D eigenvalue weighted by molar-refractivity contribution is 5.92. The van der Waals surface area contributed by atoms with Gasteiger partial charge in [0.2, 0.25) is 5.91 Å². The fourth-order valence-electron chi connectivity index (χ4n) is 2.95. The van der Waals surface area contributed by atoms with E-state index in [1.165, 1.54) is 0 Å². The van der Waals surface area contributed by atoms with Crippen LogP contribution in [0.15, 0.2) is 48.5 Å². The third kappa shape index (κ3) is 6.57. The molecule has 0 aliphatic rings. The highest BCUT2D eigenvalue weighted by atomic mass is 16.5. The summed E-state index contributed by atoms with van der Waals surface area (Å²) < 4.78 is 11.0. The number of hydrogen-bond donors (Lipinski definition) is 0. The number of amides is 1. The van der Waals surface area contributed by atoms with Crippen LogP contribution in [-0.4, -0.2) is 51.2 Å². The van der Waals surface area contributed by atoms with E-state index in [1.807, 2.05) is 55.6 Å². The van der Waals surface area contributed by atoms with Crippen LogP contribution in [0.4, 0.5) is 5.69 Å². The van der Waals surface area contributed by atoms with Crippen molar-refractivity contribution in [1.82, 2.24) is 4.90 Å². The van der Waals surface area contributed by atoms with E-state index in [9.17, 15) is 4.79 Å². The van der Waals surface area contributed by atoms with Crippen LogP contribution in [0.5, 0.6) is 11.5 Å². The van der Waals surface area contributed by atoms with Crippen molar-refractivity contribution in [2.45, 2.75) is 26.7 Å². The topological polar surface area (TPSA) is 42.0 Å². The van der Waals surface area contributed by atoms with E-state index in [0.717, 1.165) is 42.4 Å². The minimum absolute atomic E-state index is 0.0889. The van der Waals surface area contributed by atoms with E-state index < -0.39 is 0 Å². The molecule has 0 aromatic heterocycles. The number of carbonyl (C=O) groups excluding carboxylic acids is 1. The van der Waals surface area contributed by atoms with Crippen LogP contribution in [0.2, 0.25) is 0 Å². The largest absolute Gasteiger partial charge is 0.497 e. The molecule has 0 unspecified atom stereocenters. The lowest BCUT2D eigenvalue weighted by Gasteiger charge is -2.19. The fourth-order valence-corrected chi connectivity index (χ4v) is 2.95. The highest BCUT2D eigenvalue weighted by Gasteiger charge is 2.11. The Hall–Kier alpha value is -2.53. The van der Waals surface area contributed by atoms with Crippen molar-refractivity contribution in [1.29, 1.82) is 0 Å². The Morgan fingerprint density at radius 3 is 2.11 bits per heavy atom. The second-order valence-electron chi connectivity index (χ2n) is 6.67. The molecule has 2 aromatic rings. The lowest BCUT2D eigenvalue weighted by atomic mass is 10.1.